The first-order chi connectivity index (χ1) is 14.4. The Bertz CT molecular complexity index is 1070. The molecule has 1 aliphatic rings. The summed E-state index contributed by atoms with van der Waals surface area (Å²) in [6.07, 6.45) is 1.99. The van der Waals surface area contributed by atoms with Crippen LogP contribution < -0.4 is 22.1 Å². The molecule has 1 aromatic carbocycles. The highest BCUT2D eigenvalue weighted by molar-refractivity contribution is 5.96. The van der Waals surface area contributed by atoms with Crippen LogP contribution in [0.3, 0.4) is 0 Å². The molecule has 2 atom stereocenters. The Balaban J connectivity index is 1.64. The van der Waals surface area contributed by atoms with E-state index in [1.807, 2.05) is 0 Å². The zero-order valence-corrected chi connectivity index (χ0v) is 15.6. The Kier molecular flexibility index (Phi) is 5.37. The van der Waals surface area contributed by atoms with Gasteiger partial charge in [-0.3, -0.25) is 4.79 Å². The van der Waals surface area contributed by atoms with Gasteiger partial charge in [-0.15, -0.1) is 10.2 Å². The van der Waals surface area contributed by atoms with E-state index in [0.29, 0.717) is 35.4 Å². The Morgan fingerprint density at radius 1 is 1.33 bits per heavy atom. The summed E-state index contributed by atoms with van der Waals surface area (Å²) in [7, 11) is 0. The minimum atomic E-state index is -2.79. The number of nitrogens with zero attached hydrogens (tertiary/aromatic N) is 5. The summed E-state index contributed by atoms with van der Waals surface area (Å²) >= 11 is 0. The largest absolute Gasteiger partial charge is 0.380 e. The summed E-state index contributed by atoms with van der Waals surface area (Å²) in [4.78, 5) is 16.0. The van der Waals surface area contributed by atoms with Gasteiger partial charge in [-0.05, 0) is 24.6 Å². The summed E-state index contributed by atoms with van der Waals surface area (Å²) in [6, 6.07) is 4.32. The molecule has 2 aromatic heterocycles. The first-order valence-electron chi connectivity index (χ1n) is 9.09. The topological polar surface area (TPSA) is 159 Å². The number of rotatable bonds is 6. The number of hydrogen-bond donors (Lipinski definition) is 4. The van der Waals surface area contributed by atoms with Crippen LogP contribution in [0.15, 0.2) is 24.4 Å². The van der Waals surface area contributed by atoms with Crippen LogP contribution in [0.1, 0.15) is 23.5 Å². The molecule has 0 radical (unpaired) electrons. The number of alkyl halides is 2. The smallest absolute Gasteiger partial charge is 0.333 e. The van der Waals surface area contributed by atoms with E-state index >= 15 is 0 Å². The van der Waals surface area contributed by atoms with Crippen molar-refractivity contribution in [1.29, 1.82) is 0 Å². The van der Waals surface area contributed by atoms with E-state index in [4.69, 9.17) is 16.2 Å². The Morgan fingerprint density at radius 2 is 2.17 bits per heavy atom. The lowest BCUT2D eigenvalue weighted by Crippen LogP contribution is -2.48. The van der Waals surface area contributed by atoms with Gasteiger partial charge in [-0.25, -0.2) is 4.68 Å². The van der Waals surface area contributed by atoms with Gasteiger partial charge in [-0.1, -0.05) is 0 Å². The number of carbonyl (C=O) groups excluding carboxylic acids is 1. The summed E-state index contributed by atoms with van der Waals surface area (Å²) in [5.74, 6) is -0.669. The molecular formula is C17H19F2N9O2. The lowest BCUT2D eigenvalue weighted by molar-refractivity contribution is 0.0615. The normalized spacial score (nSPS) is 19.2. The Hall–Kier alpha value is -3.45. The second-order valence-electron chi connectivity index (χ2n) is 6.74. The van der Waals surface area contributed by atoms with E-state index < -0.39 is 12.5 Å². The third-order valence-corrected chi connectivity index (χ3v) is 4.68. The van der Waals surface area contributed by atoms with E-state index in [1.54, 1.807) is 12.1 Å². The van der Waals surface area contributed by atoms with E-state index in [9.17, 15) is 13.6 Å². The first kappa shape index (κ1) is 19.8. The highest BCUT2D eigenvalue weighted by Gasteiger charge is 2.24. The fraction of sp³-hybridized carbons (Fsp3) is 0.353. The highest BCUT2D eigenvalue weighted by atomic mass is 19.3. The molecule has 1 aliphatic heterocycles. The summed E-state index contributed by atoms with van der Waals surface area (Å²) < 4.78 is 32.1. The molecule has 0 bridgehead atoms. The van der Waals surface area contributed by atoms with Crippen LogP contribution in [0.5, 0.6) is 0 Å². The van der Waals surface area contributed by atoms with Gasteiger partial charge < -0.3 is 26.8 Å². The van der Waals surface area contributed by atoms with Gasteiger partial charge in [0.15, 0.2) is 11.5 Å². The number of ether oxygens (including phenoxy) is 1. The number of primary amides is 1. The van der Waals surface area contributed by atoms with Crippen LogP contribution in [0.4, 0.5) is 26.2 Å². The average molecular weight is 419 g/mol. The van der Waals surface area contributed by atoms with E-state index in [1.165, 1.54) is 12.3 Å². The van der Waals surface area contributed by atoms with Crippen LogP contribution in [-0.4, -0.2) is 56.2 Å². The molecule has 11 nitrogen and oxygen atoms in total. The highest BCUT2D eigenvalue weighted by Crippen LogP contribution is 2.26. The van der Waals surface area contributed by atoms with Gasteiger partial charge >= 0.3 is 6.55 Å². The molecule has 13 heteroatoms. The number of aromatic nitrogens is 5. The SMILES string of the molecule is NC(=O)c1nnc(N[C@@H]2CCOC[C@@H]2N)nc1Nc1ccc2cnn(C(F)F)c2c1. The van der Waals surface area contributed by atoms with E-state index in [-0.39, 0.29) is 35.1 Å². The van der Waals surface area contributed by atoms with Crippen molar-refractivity contribution < 1.29 is 18.3 Å². The van der Waals surface area contributed by atoms with Crippen molar-refractivity contribution in [2.24, 2.45) is 11.5 Å². The predicted octanol–water partition coefficient (Wildman–Crippen LogP) is 0.987. The van der Waals surface area contributed by atoms with Crippen LogP contribution >= 0.6 is 0 Å². The molecule has 30 heavy (non-hydrogen) atoms. The van der Waals surface area contributed by atoms with Gasteiger partial charge in [0.25, 0.3) is 5.91 Å². The average Bonchev–Trinajstić information content (AvgIpc) is 3.13. The monoisotopic (exact) mass is 419 g/mol. The number of nitrogens with one attached hydrogen (secondary N) is 2. The van der Waals surface area contributed by atoms with Crippen LogP contribution in [-0.2, 0) is 4.74 Å². The number of fused-ring (bicyclic) bond motifs is 1. The van der Waals surface area contributed by atoms with Crippen molar-refractivity contribution in [1.82, 2.24) is 25.0 Å². The molecule has 3 heterocycles. The summed E-state index contributed by atoms with van der Waals surface area (Å²) in [5, 5.41) is 17.9. The van der Waals surface area contributed by atoms with Gasteiger partial charge in [-0.2, -0.15) is 18.9 Å². The fourth-order valence-electron chi connectivity index (χ4n) is 3.15. The molecule has 1 amide bonds. The van der Waals surface area contributed by atoms with Crippen LogP contribution in [0.2, 0.25) is 0 Å². The third-order valence-electron chi connectivity index (χ3n) is 4.68. The number of hydrogen-bond acceptors (Lipinski definition) is 9. The maximum atomic E-state index is 13.1. The number of carbonyl (C=O) groups is 1. The maximum Gasteiger partial charge on any atom is 0.333 e. The Labute approximate surface area is 168 Å². The maximum absolute atomic E-state index is 13.1. The number of anilines is 3. The molecule has 1 saturated heterocycles. The second kappa shape index (κ2) is 8.12. The zero-order valence-electron chi connectivity index (χ0n) is 15.6. The molecule has 3 aromatic rings. The van der Waals surface area contributed by atoms with Gasteiger partial charge in [0.05, 0.1) is 18.3 Å². The standard InChI is InChI=1S/C17H19F2N9O2/c18-16(19)28-12-5-9(2-1-8(12)6-22-28)23-15-13(14(21)29)26-27-17(25-15)24-11-3-4-30-7-10(11)20/h1-2,5-6,10-11,16H,3-4,7,20H2,(H2,21,29)(H2,23,24,25,27)/t10-,11+/m0/s1. The van der Waals surface area contributed by atoms with Crippen molar-refractivity contribution in [3.63, 3.8) is 0 Å². The predicted molar refractivity (Wildman–Crippen MR) is 103 cm³/mol. The lowest BCUT2D eigenvalue weighted by atomic mass is 10.1. The summed E-state index contributed by atoms with van der Waals surface area (Å²) in [5.41, 5.74) is 11.8. The minimum absolute atomic E-state index is 0.0306. The van der Waals surface area contributed by atoms with Crippen molar-refractivity contribution in [3.8, 4) is 0 Å². The van der Waals surface area contributed by atoms with Crippen molar-refractivity contribution in [2.75, 3.05) is 23.8 Å². The second-order valence-corrected chi connectivity index (χ2v) is 6.74. The van der Waals surface area contributed by atoms with Crippen molar-refractivity contribution in [2.45, 2.75) is 25.1 Å². The number of benzene rings is 1. The Morgan fingerprint density at radius 3 is 2.90 bits per heavy atom. The quantitative estimate of drug-likeness (QED) is 0.457. The van der Waals surface area contributed by atoms with Crippen molar-refractivity contribution >= 4 is 34.3 Å². The van der Waals surface area contributed by atoms with Crippen LogP contribution in [0, 0.1) is 0 Å². The molecule has 0 saturated carbocycles. The number of amides is 1. The molecule has 0 aliphatic carbocycles. The molecule has 0 unspecified atom stereocenters. The first-order valence-corrected chi connectivity index (χ1v) is 9.09. The summed E-state index contributed by atoms with van der Waals surface area (Å²) in [6.45, 7) is -1.85. The minimum Gasteiger partial charge on any atom is -0.380 e. The van der Waals surface area contributed by atoms with Crippen LogP contribution in [0.25, 0.3) is 10.9 Å². The molecule has 6 N–H and O–H groups in total. The number of nitrogens with two attached hydrogens (primary N) is 2. The van der Waals surface area contributed by atoms with Crippen molar-refractivity contribution in [3.05, 3.63) is 30.1 Å². The van der Waals surface area contributed by atoms with E-state index in [2.05, 4.69) is 30.9 Å². The molecule has 4 rings (SSSR count). The van der Waals surface area contributed by atoms with E-state index in [0.717, 1.165) is 0 Å². The van der Waals surface area contributed by atoms with Gasteiger partial charge in [0, 0.05) is 29.8 Å². The van der Waals surface area contributed by atoms with Gasteiger partial charge in [0.1, 0.15) is 0 Å². The third kappa shape index (κ3) is 3.97. The van der Waals surface area contributed by atoms with Gasteiger partial charge in [0.2, 0.25) is 5.95 Å². The fourth-order valence-corrected chi connectivity index (χ4v) is 3.15. The lowest BCUT2D eigenvalue weighted by Gasteiger charge is -2.29. The molecule has 0 spiro atoms. The molecule has 158 valence electrons. The molecule has 1 fully saturated rings. The zero-order chi connectivity index (χ0) is 21.3. The number of halogens is 2. The molecular weight excluding hydrogens is 400 g/mol.